The summed E-state index contributed by atoms with van der Waals surface area (Å²) in [7, 11) is 0. The summed E-state index contributed by atoms with van der Waals surface area (Å²) < 4.78 is 0. The van der Waals surface area contributed by atoms with Crippen molar-refractivity contribution in [1.29, 1.82) is 0 Å². The van der Waals surface area contributed by atoms with Gasteiger partial charge in [-0.25, -0.2) is 0 Å². The number of hydrogen-bond donors (Lipinski definition) is 1. The number of carbonyl (C=O) groups is 1. The average molecular weight is 311 g/mol. The van der Waals surface area contributed by atoms with E-state index < -0.39 is 0 Å². The molecule has 2 fully saturated rings. The molecule has 6 nitrogen and oxygen atoms in total. The van der Waals surface area contributed by atoms with Gasteiger partial charge in [0.05, 0.1) is 0 Å². The van der Waals surface area contributed by atoms with Gasteiger partial charge >= 0.3 is 0 Å². The van der Waals surface area contributed by atoms with E-state index in [-0.39, 0.29) is 12.5 Å². The van der Waals surface area contributed by atoms with Gasteiger partial charge in [-0.2, -0.15) is 4.80 Å². The van der Waals surface area contributed by atoms with E-state index in [2.05, 4.69) is 20.7 Å². The number of nitrogens with zero attached hydrogens (tertiary/aromatic N) is 4. The Kier molecular flexibility index (Phi) is 3.59. The van der Waals surface area contributed by atoms with E-state index in [1.54, 1.807) is 0 Å². The molecule has 0 saturated heterocycles. The fourth-order valence-corrected chi connectivity index (χ4v) is 3.28. The highest BCUT2D eigenvalue weighted by Gasteiger charge is 2.45. The van der Waals surface area contributed by atoms with Crippen molar-refractivity contribution >= 4 is 5.91 Å². The number of carbonyl (C=O) groups excluding carboxylic acids is 1. The number of aryl methyl sites for hydroxylation is 1. The fraction of sp³-hybridized carbons (Fsp3) is 0.529. The highest BCUT2D eigenvalue weighted by molar-refractivity contribution is 5.76. The Labute approximate surface area is 135 Å². The van der Waals surface area contributed by atoms with E-state index in [1.807, 2.05) is 31.2 Å². The number of nitrogens with one attached hydrogen (secondary N) is 1. The Morgan fingerprint density at radius 3 is 2.78 bits per heavy atom. The molecule has 1 N–H and O–H groups in total. The molecule has 0 unspecified atom stereocenters. The molecule has 2 aromatic rings. The van der Waals surface area contributed by atoms with Gasteiger partial charge in [-0.15, -0.1) is 10.2 Å². The van der Waals surface area contributed by atoms with Crippen LogP contribution in [-0.4, -0.2) is 32.2 Å². The summed E-state index contributed by atoms with van der Waals surface area (Å²) in [4.78, 5) is 13.5. The Morgan fingerprint density at radius 1 is 1.30 bits per heavy atom. The first kappa shape index (κ1) is 14.4. The Morgan fingerprint density at radius 2 is 2.09 bits per heavy atom. The molecule has 6 heteroatoms. The SMILES string of the molecule is Cc1ccc(-c2nnn(CC(=O)N[C@@H]3C[C@H]3C3CCC3)n2)cc1. The number of hydrogen-bond acceptors (Lipinski definition) is 4. The van der Waals surface area contributed by atoms with Gasteiger partial charge < -0.3 is 5.32 Å². The lowest BCUT2D eigenvalue weighted by Crippen LogP contribution is -2.32. The molecule has 1 aromatic carbocycles. The third-order valence-corrected chi connectivity index (χ3v) is 4.99. The van der Waals surface area contributed by atoms with Crippen LogP contribution >= 0.6 is 0 Å². The van der Waals surface area contributed by atoms with Crippen LogP contribution in [0.5, 0.6) is 0 Å². The van der Waals surface area contributed by atoms with Crippen molar-refractivity contribution in [2.24, 2.45) is 11.8 Å². The third kappa shape index (κ3) is 3.11. The van der Waals surface area contributed by atoms with Crippen LogP contribution in [0.1, 0.15) is 31.2 Å². The van der Waals surface area contributed by atoms with Gasteiger partial charge in [0.2, 0.25) is 11.7 Å². The lowest BCUT2D eigenvalue weighted by Gasteiger charge is -2.25. The normalized spacial score (nSPS) is 23.3. The zero-order chi connectivity index (χ0) is 15.8. The molecule has 0 bridgehead atoms. The van der Waals surface area contributed by atoms with Gasteiger partial charge in [-0.05, 0) is 30.4 Å². The van der Waals surface area contributed by atoms with Crippen LogP contribution in [-0.2, 0) is 11.3 Å². The van der Waals surface area contributed by atoms with Crippen LogP contribution < -0.4 is 5.32 Å². The zero-order valence-electron chi connectivity index (χ0n) is 13.3. The van der Waals surface area contributed by atoms with Gasteiger partial charge in [-0.3, -0.25) is 4.79 Å². The molecular weight excluding hydrogens is 290 g/mol. The van der Waals surface area contributed by atoms with Crippen molar-refractivity contribution in [2.75, 3.05) is 0 Å². The Bertz CT molecular complexity index is 704. The molecule has 0 spiro atoms. The van der Waals surface area contributed by atoms with E-state index in [4.69, 9.17) is 0 Å². The Hall–Kier alpha value is -2.24. The molecular formula is C17H21N5O. The minimum Gasteiger partial charge on any atom is -0.351 e. The molecule has 23 heavy (non-hydrogen) atoms. The number of amides is 1. The third-order valence-electron chi connectivity index (χ3n) is 4.99. The van der Waals surface area contributed by atoms with Gasteiger partial charge in [0.25, 0.3) is 0 Å². The van der Waals surface area contributed by atoms with E-state index in [0.717, 1.165) is 17.9 Å². The highest BCUT2D eigenvalue weighted by Crippen LogP contribution is 2.46. The van der Waals surface area contributed by atoms with Crippen molar-refractivity contribution in [2.45, 2.75) is 45.2 Å². The highest BCUT2D eigenvalue weighted by atomic mass is 16.2. The van der Waals surface area contributed by atoms with Crippen molar-refractivity contribution < 1.29 is 4.79 Å². The molecule has 0 aliphatic heterocycles. The van der Waals surface area contributed by atoms with Crippen molar-refractivity contribution in [3.8, 4) is 11.4 Å². The number of benzene rings is 1. The molecule has 120 valence electrons. The smallest absolute Gasteiger partial charge is 0.243 e. The molecule has 2 aliphatic carbocycles. The minimum absolute atomic E-state index is 0.0234. The van der Waals surface area contributed by atoms with Crippen LogP contribution in [0.3, 0.4) is 0 Å². The van der Waals surface area contributed by atoms with Crippen LogP contribution in [0.15, 0.2) is 24.3 Å². The van der Waals surface area contributed by atoms with Gasteiger partial charge in [-0.1, -0.05) is 49.1 Å². The van der Waals surface area contributed by atoms with E-state index in [0.29, 0.717) is 17.8 Å². The molecule has 1 amide bonds. The second-order valence-electron chi connectivity index (χ2n) is 6.77. The second-order valence-corrected chi connectivity index (χ2v) is 6.77. The maximum absolute atomic E-state index is 12.1. The lowest BCUT2D eigenvalue weighted by molar-refractivity contribution is -0.122. The monoisotopic (exact) mass is 311 g/mol. The average Bonchev–Trinajstić information content (AvgIpc) is 3.03. The topological polar surface area (TPSA) is 72.7 Å². The zero-order valence-corrected chi connectivity index (χ0v) is 13.3. The number of aromatic nitrogens is 4. The molecule has 1 aromatic heterocycles. The van der Waals surface area contributed by atoms with Crippen molar-refractivity contribution in [3.63, 3.8) is 0 Å². The minimum atomic E-state index is -0.0234. The predicted molar refractivity (Wildman–Crippen MR) is 85.4 cm³/mol. The quantitative estimate of drug-likeness (QED) is 0.916. The standard InChI is InChI=1S/C17H21N5O/c1-11-5-7-13(8-6-11)17-19-21-22(20-17)10-16(23)18-15-9-14(15)12-3-2-4-12/h5-8,12,14-15H,2-4,9-10H2,1H3,(H,18,23)/t14-,15+/m0/s1. The first-order valence-corrected chi connectivity index (χ1v) is 8.33. The van der Waals surface area contributed by atoms with E-state index >= 15 is 0 Å². The molecule has 0 radical (unpaired) electrons. The summed E-state index contributed by atoms with van der Waals surface area (Å²) in [6, 6.07) is 8.31. The maximum atomic E-state index is 12.1. The van der Waals surface area contributed by atoms with Crippen LogP contribution in [0, 0.1) is 18.8 Å². The van der Waals surface area contributed by atoms with Gasteiger partial charge in [0.1, 0.15) is 6.54 Å². The lowest BCUT2D eigenvalue weighted by atomic mass is 9.81. The van der Waals surface area contributed by atoms with Gasteiger partial charge in [0, 0.05) is 11.6 Å². The predicted octanol–water partition coefficient (Wildman–Crippen LogP) is 1.95. The van der Waals surface area contributed by atoms with Crippen molar-refractivity contribution in [1.82, 2.24) is 25.5 Å². The fourth-order valence-electron chi connectivity index (χ4n) is 3.28. The maximum Gasteiger partial charge on any atom is 0.243 e. The Balaban J connectivity index is 1.32. The summed E-state index contributed by atoms with van der Waals surface area (Å²) >= 11 is 0. The largest absolute Gasteiger partial charge is 0.351 e. The first-order chi connectivity index (χ1) is 11.2. The van der Waals surface area contributed by atoms with Gasteiger partial charge in [0.15, 0.2) is 0 Å². The molecule has 2 saturated carbocycles. The summed E-state index contributed by atoms with van der Waals surface area (Å²) in [5.41, 5.74) is 2.10. The van der Waals surface area contributed by atoms with Crippen LogP contribution in [0.2, 0.25) is 0 Å². The summed E-state index contributed by atoms with van der Waals surface area (Å²) in [6.07, 6.45) is 5.16. The summed E-state index contributed by atoms with van der Waals surface area (Å²) in [6.45, 7) is 2.17. The number of tetrazole rings is 1. The van der Waals surface area contributed by atoms with Crippen LogP contribution in [0.4, 0.5) is 0 Å². The summed E-state index contributed by atoms with van der Waals surface area (Å²) in [5, 5.41) is 15.4. The molecule has 2 aliphatic rings. The summed E-state index contributed by atoms with van der Waals surface area (Å²) in [5.74, 6) is 2.08. The second kappa shape index (κ2) is 5.76. The molecule has 1 heterocycles. The molecule has 4 rings (SSSR count). The molecule has 2 atom stereocenters. The van der Waals surface area contributed by atoms with Crippen LogP contribution in [0.25, 0.3) is 11.4 Å². The van der Waals surface area contributed by atoms with Crippen molar-refractivity contribution in [3.05, 3.63) is 29.8 Å². The number of rotatable bonds is 5. The van der Waals surface area contributed by atoms with E-state index in [1.165, 1.54) is 29.6 Å². The first-order valence-electron chi connectivity index (χ1n) is 8.33. The van der Waals surface area contributed by atoms with E-state index in [9.17, 15) is 4.79 Å².